The molecule has 70 valence electrons. The first-order chi connectivity index (χ1) is 6.13. The Morgan fingerprint density at radius 1 is 1.54 bits per heavy atom. The van der Waals surface area contributed by atoms with Gasteiger partial charge in [0.2, 0.25) is 5.91 Å². The van der Waals surface area contributed by atoms with Gasteiger partial charge in [-0.3, -0.25) is 4.79 Å². The summed E-state index contributed by atoms with van der Waals surface area (Å²) in [6, 6.07) is 4.63. The maximum atomic E-state index is 13.1. The minimum absolute atomic E-state index is 0.176. The number of anilines is 1. The molecule has 0 bridgehead atoms. The zero-order valence-electron chi connectivity index (χ0n) is 7.73. The second-order valence-electron chi connectivity index (χ2n) is 2.89. The zero-order valence-corrected chi connectivity index (χ0v) is 7.73. The third-order valence-corrected chi connectivity index (χ3v) is 1.72. The van der Waals surface area contributed by atoms with Crippen LogP contribution in [0, 0.1) is 12.7 Å². The molecule has 1 aromatic carbocycles. The summed E-state index contributed by atoms with van der Waals surface area (Å²) >= 11 is 0. The van der Waals surface area contributed by atoms with E-state index in [-0.39, 0.29) is 11.6 Å². The molecule has 0 saturated carbocycles. The van der Waals surface area contributed by atoms with Gasteiger partial charge in [-0.15, -0.1) is 0 Å². The number of aryl methyl sites for hydroxylation is 1. The molecule has 0 fully saturated rings. The van der Waals surface area contributed by atoms with Gasteiger partial charge in [-0.05, 0) is 24.6 Å². The van der Waals surface area contributed by atoms with Crippen LogP contribution in [0.1, 0.15) is 18.9 Å². The topological polar surface area (TPSA) is 29.1 Å². The fourth-order valence-corrected chi connectivity index (χ4v) is 0.973. The van der Waals surface area contributed by atoms with Crippen LogP contribution in [0.25, 0.3) is 0 Å². The number of carbonyl (C=O) groups excluding carboxylic acids is 1. The van der Waals surface area contributed by atoms with Crippen molar-refractivity contribution < 1.29 is 9.18 Å². The fourth-order valence-electron chi connectivity index (χ4n) is 0.973. The van der Waals surface area contributed by atoms with Gasteiger partial charge in [0.15, 0.2) is 0 Å². The average Bonchev–Trinajstić information content (AvgIpc) is 2.11. The maximum Gasteiger partial charge on any atom is 0.224 e. The van der Waals surface area contributed by atoms with Gasteiger partial charge in [0.25, 0.3) is 0 Å². The highest BCUT2D eigenvalue weighted by Gasteiger charge is 2.04. The Kier molecular flexibility index (Phi) is 3.01. The van der Waals surface area contributed by atoms with Crippen molar-refractivity contribution in [2.45, 2.75) is 20.3 Å². The molecule has 0 heterocycles. The van der Waals surface area contributed by atoms with Crippen molar-refractivity contribution in [1.82, 2.24) is 0 Å². The van der Waals surface area contributed by atoms with Crippen LogP contribution >= 0.6 is 0 Å². The lowest BCUT2D eigenvalue weighted by molar-refractivity contribution is -0.115. The first kappa shape index (κ1) is 9.71. The second kappa shape index (κ2) is 4.03. The highest BCUT2D eigenvalue weighted by atomic mass is 19.1. The molecule has 13 heavy (non-hydrogen) atoms. The van der Waals surface area contributed by atoms with Crippen molar-refractivity contribution in [2.75, 3.05) is 5.32 Å². The van der Waals surface area contributed by atoms with E-state index in [1.54, 1.807) is 19.1 Å². The molecule has 0 saturated heterocycles. The van der Waals surface area contributed by atoms with Gasteiger partial charge in [0, 0.05) is 6.42 Å². The Morgan fingerprint density at radius 3 is 2.85 bits per heavy atom. The zero-order chi connectivity index (χ0) is 9.84. The second-order valence-corrected chi connectivity index (χ2v) is 2.89. The molecule has 0 radical (unpaired) electrons. The molecule has 0 atom stereocenters. The molecular formula is C10H12FNO. The number of benzene rings is 1. The Balaban J connectivity index is 2.87. The summed E-state index contributed by atoms with van der Waals surface area (Å²) in [5.74, 6) is -0.572. The van der Waals surface area contributed by atoms with E-state index in [0.717, 1.165) is 5.56 Å². The summed E-state index contributed by atoms with van der Waals surface area (Å²) in [4.78, 5) is 11.0. The molecule has 0 aliphatic rings. The van der Waals surface area contributed by atoms with Crippen LogP contribution in [0.2, 0.25) is 0 Å². The van der Waals surface area contributed by atoms with Gasteiger partial charge in [-0.2, -0.15) is 0 Å². The first-order valence-electron chi connectivity index (χ1n) is 4.19. The molecule has 3 heteroatoms. The predicted octanol–water partition coefficient (Wildman–Crippen LogP) is 2.48. The van der Waals surface area contributed by atoms with Crippen molar-refractivity contribution in [3.63, 3.8) is 0 Å². The van der Waals surface area contributed by atoms with Crippen LogP contribution in [0.4, 0.5) is 10.1 Å². The first-order valence-corrected chi connectivity index (χ1v) is 4.19. The maximum absolute atomic E-state index is 13.1. The van der Waals surface area contributed by atoms with E-state index in [0.29, 0.717) is 6.42 Å². The van der Waals surface area contributed by atoms with Crippen LogP contribution in [-0.2, 0) is 4.79 Å². The van der Waals surface area contributed by atoms with E-state index in [2.05, 4.69) is 5.32 Å². The number of rotatable bonds is 2. The summed E-state index contributed by atoms with van der Waals surface area (Å²) in [5.41, 5.74) is 1.18. The molecular weight excluding hydrogens is 169 g/mol. The number of hydrogen-bond acceptors (Lipinski definition) is 1. The van der Waals surface area contributed by atoms with Crippen molar-refractivity contribution in [2.24, 2.45) is 0 Å². The Morgan fingerprint density at radius 2 is 2.23 bits per heavy atom. The third-order valence-electron chi connectivity index (χ3n) is 1.72. The van der Waals surface area contributed by atoms with E-state index in [9.17, 15) is 9.18 Å². The molecule has 0 aliphatic heterocycles. The highest BCUT2D eigenvalue weighted by Crippen LogP contribution is 2.15. The quantitative estimate of drug-likeness (QED) is 0.746. The Hall–Kier alpha value is -1.38. The number of amides is 1. The fraction of sp³-hybridized carbons (Fsp3) is 0.300. The minimum Gasteiger partial charge on any atom is -0.324 e. The molecule has 2 nitrogen and oxygen atoms in total. The Labute approximate surface area is 76.8 Å². The molecule has 1 rings (SSSR count). The van der Waals surface area contributed by atoms with Crippen molar-refractivity contribution >= 4 is 11.6 Å². The van der Waals surface area contributed by atoms with Crippen molar-refractivity contribution in [3.8, 4) is 0 Å². The lowest BCUT2D eigenvalue weighted by Crippen LogP contribution is -2.10. The summed E-state index contributed by atoms with van der Waals surface area (Å²) in [6.45, 7) is 3.57. The van der Waals surface area contributed by atoms with Crippen LogP contribution in [0.5, 0.6) is 0 Å². The lowest BCUT2D eigenvalue weighted by Gasteiger charge is -2.05. The number of nitrogens with one attached hydrogen (secondary N) is 1. The van der Waals surface area contributed by atoms with E-state index in [1.807, 2.05) is 6.92 Å². The van der Waals surface area contributed by atoms with E-state index < -0.39 is 5.82 Å². The predicted molar refractivity (Wildman–Crippen MR) is 50.1 cm³/mol. The molecule has 1 amide bonds. The summed E-state index contributed by atoms with van der Waals surface area (Å²) in [7, 11) is 0. The van der Waals surface area contributed by atoms with Crippen LogP contribution < -0.4 is 5.32 Å². The number of hydrogen-bond donors (Lipinski definition) is 1. The van der Waals surface area contributed by atoms with Gasteiger partial charge in [0.05, 0.1) is 5.69 Å². The largest absolute Gasteiger partial charge is 0.324 e. The van der Waals surface area contributed by atoms with E-state index >= 15 is 0 Å². The minimum atomic E-state index is -0.396. The average molecular weight is 181 g/mol. The van der Waals surface area contributed by atoms with Crippen molar-refractivity contribution in [1.29, 1.82) is 0 Å². The van der Waals surface area contributed by atoms with Crippen LogP contribution in [-0.4, -0.2) is 5.91 Å². The van der Waals surface area contributed by atoms with Gasteiger partial charge in [-0.1, -0.05) is 13.0 Å². The molecule has 0 aromatic heterocycles. The standard InChI is InChI=1S/C10H12FNO/c1-3-10(13)12-9-6-7(2)4-5-8(9)11/h4-6H,3H2,1-2H3,(H,12,13). The van der Waals surface area contributed by atoms with Gasteiger partial charge in [-0.25, -0.2) is 4.39 Å². The third kappa shape index (κ3) is 2.54. The highest BCUT2D eigenvalue weighted by molar-refractivity contribution is 5.90. The smallest absolute Gasteiger partial charge is 0.224 e. The van der Waals surface area contributed by atoms with Crippen molar-refractivity contribution in [3.05, 3.63) is 29.6 Å². The molecule has 0 spiro atoms. The molecule has 0 unspecified atom stereocenters. The van der Waals surface area contributed by atoms with Gasteiger partial charge < -0.3 is 5.32 Å². The van der Waals surface area contributed by atoms with Crippen LogP contribution in [0.15, 0.2) is 18.2 Å². The van der Waals surface area contributed by atoms with E-state index in [4.69, 9.17) is 0 Å². The van der Waals surface area contributed by atoms with Crippen LogP contribution in [0.3, 0.4) is 0 Å². The molecule has 1 aromatic rings. The van der Waals surface area contributed by atoms with E-state index in [1.165, 1.54) is 6.07 Å². The number of halogens is 1. The monoisotopic (exact) mass is 181 g/mol. The van der Waals surface area contributed by atoms with Gasteiger partial charge >= 0.3 is 0 Å². The summed E-state index contributed by atoms with van der Waals surface area (Å²) in [5, 5.41) is 2.49. The summed E-state index contributed by atoms with van der Waals surface area (Å²) < 4.78 is 13.1. The lowest BCUT2D eigenvalue weighted by atomic mass is 10.2. The number of carbonyl (C=O) groups is 1. The summed E-state index contributed by atoms with van der Waals surface area (Å²) in [6.07, 6.45) is 0.355. The normalized spacial score (nSPS) is 9.77. The SMILES string of the molecule is CCC(=O)Nc1cc(C)ccc1F. The Bertz CT molecular complexity index is 323. The van der Waals surface area contributed by atoms with Gasteiger partial charge in [0.1, 0.15) is 5.82 Å². The molecule has 0 aliphatic carbocycles. The molecule has 1 N–H and O–H groups in total.